The second-order valence-corrected chi connectivity index (χ2v) is 6.82. The third-order valence-corrected chi connectivity index (χ3v) is 4.66. The number of aliphatic hydroxyl groups excluding tert-OH is 1. The summed E-state index contributed by atoms with van der Waals surface area (Å²) < 4.78 is 4.77. The van der Waals surface area contributed by atoms with Gasteiger partial charge >= 0.3 is 5.97 Å². The van der Waals surface area contributed by atoms with Crippen LogP contribution in [0, 0.1) is 6.92 Å². The number of nitrogens with one attached hydrogen (secondary N) is 2. The number of hydrogen-bond donors (Lipinski definition) is 3. The number of methoxy groups -OCH3 is 1. The van der Waals surface area contributed by atoms with Gasteiger partial charge in [0.15, 0.2) is 0 Å². The summed E-state index contributed by atoms with van der Waals surface area (Å²) >= 11 is 0. The van der Waals surface area contributed by atoms with E-state index < -0.39 is 11.9 Å². The Morgan fingerprint density at radius 1 is 1.13 bits per heavy atom. The smallest absolute Gasteiger partial charge is 0.337 e. The maximum Gasteiger partial charge on any atom is 0.337 e. The summed E-state index contributed by atoms with van der Waals surface area (Å²) in [7, 11) is 1.24. The van der Waals surface area contributed by atoms with E-state index in [0.29, 0.717) is 16.9 Å². The first kappa shape index (κ1) is 21.1. The molecule has 0 aliphatic carbocycles. The van der Waals surface area contributed by atoms with Crippen molar-refractivity contribution in [3.8, 4) is 0 Å². The van der Waals surface area contributed by atoms with Crippen molar-refractivity contribution in [2.75, 3.05) is 37.4 Å². The van der Waals surface area contributed by atoms with E-state index in [9.17, 15) is 14.4 Å². The molecule has 0 saturated heterocycles. The summed E-state index contributed by atoms with van der Waals surface area (Å²) in [6.07, 6.45) is 0. The zero-order valence-electron chi connectivity index (χ0n) is 16.8. The number of carbonyl (C=O) groups excluding carboxylic acids is 3. The number of anilines is 2. The summed E-state index contributed by atoms with van der Waals surface area (Å²) in [5.41, 5.74) is 2.87. The lowest BCUT2D eigenvalue weighted by Gasteiger charge is -2.15. The van der Waals surface area contributed by atoms with Crippen LogP contribution in [0.2, 0.25) is 0 Å². The number of benzene rings is 2. The van der Waals surface area contributed by atoms with Crippen LogP contribution in [0.3, 0.4) is 0 Å². The number of esters is 1. The molecule has 0 fully saturated rings. The van der Waals surface area contributed by atoms with Crippen LogP contribution in [-0.2, 0) is 14.3 Å². The number of amides is 2. The van der Waals surface area contributed by atoms with Crippen molar-refractivity contribution in [2.24, 2.45) is 0 Å². The van der Waals surface area contributed by atoms with Crippen LogP contribution in [0.5, 0.6) is 0 Å². The van der Waals surface area contributed by atoms with Gasteiger partial charge in [-0.05, 0) is 37.3 Å². The summed E-state index contributed by atoms with van der Waals surface area (Å²) in [4.78, 5) is 38.6. The fraction of sp³-hybridized carbons (Fsp3) is 0.227. The Balaban J connectivity index is 1.80. The molecule has 0 aromatic heterocycles. The quantitative estimate of drug-likeness (QED) is 0.603. The lowest BCUT2D eigenvalue weighted by atomic mass is 10.1. The maximum atomic E-state index is 12.6. The number of ether oxygens (including phenoxy) is 1. The second-order valence-electron chi connectivity index (χ2n) is 6.82. The van der Waals surface area contributed by atoms with Crippen molar-refractivity contribution < 1.29 is 24.2 Å². The van der Waals surface area contributed by atoms with Crippen molar-refractivity contribution in [2.45, 2.75) is 6.92 Å². The molecule has 3 rings (SSSR count). The third kappa shape index (κ3) is 4.66. The molecule has 3 N–H and O–H groups in total. The van der Waals surface area contributed by atoms with Crippen LogP contribution >= 0.6 is 0 Å². The van der Waals surface area contributed by atoms with Gasteiger partial charge in [0, 0.05) is 23.5 Å². The molecule has 2 amide bonds. The fourth-order valence-electron chi connectivity index (χ4n) is 3.07. The molecule has 1 aliphatic rings. The van der Waals surface area contributed by atoms with Crippen LogP contribution in [-0.4, -0.2) is 54.6 Å². The van der Waals surface area contributed by atoms with Gasteiger partial charge in [-0.2, -0.15) is 0 Å². The van der Waals surface area contributed by atoms with E-state index >= 15 is 0 Å². The van der Waals surface area contributed by atoms with Gasteiger partial charge in [0.25, 0.3) is 11.8 Å². The number of aliphatic hydroxyl groups is 1. The van der Waals surface area contributed by atoms with Gasteiger partial charge in [0.1, 0.15) is 5.70 Å². The summed E-state index contributed by atoms with van der Waals surface area (Å²) in [5.74, 6) is -1.34. The minimum Gasteiger partial charge on any atom is -0.466 e. The Bertz CT molecular complexity index is 998. The molecule has 0 saturated carbocycles. The van der Waals surface area contributed by atoms with E-state index in [1.165, 1.54) is 12.0 Å². The van der Waals surface area contributed by atoms with Crippen LogP contribution in [0.25, 0.3) is 0 Å². The number of carbonyl (C=O) groups is 3. The first-order valence-electron chi connectivity index (χ1n) is 9.39. The second kappa shape index (κ2) is 9.23. The number of β-amino-alcohol motifs (C(OH)–C–C–N with tert-alkyl or cyclic N) is 1. The van der Waals surface area contributed by atoms with Crippen LogP contribution in [0.15, 0.2) is 59.8 Å². The number of hydrogen-bond acceptors (Lipinski definition) is 6. The molecular formula is C22H23N3O5. The normalized spacial score (nSPS) is 13.4. The highest BCUT2D eigenvalue weighted by molar-refractivity contribution is 6.09. The van der Waals surface area contributed by atoms with E-state index in [2.05, 4.69) is 10.6 Å². The zero-order chi connectivity index (χ0) is 21.7. The van der Waals surface area contributed by atoms with Crippen molar-refractivity contribution in [3.05, 3.63) is 70.9 Å². The Morgan fingerprint density at radius 3 is 2.53 bits per heavy atom. The van der Waals surface area contributed by atoms with Crippen molar-refractivity contribution in [1.82, 2.24) is 4.90 Å². The summed E-state index contributed by atoms with van der Waals surface area (Å²) in [5, 5.41) is 14.9. The maximum absolute atomic E-state index is 12.6. The Morgan fingerprint density at radius 2 is 1.87 bits per heavy atom. The largest absolute Gasteiger partial charge is 0.466 e. The van der Waals surface area contributed by atoms with Crippen LogP contribution in [0.1, 0.15) is 15.9 Å². The zero-order valence-corrected chi connectivity index (χ0v) is 16.8. The Labute approximate surface area is 174 Å². The molecule has 1 heterocycles. The minimum absolute atomic E-state index is 0.0437. The highest BCUT2D eigenvalue weighted by Crippen LogP contribution is 2.23. The minimum atomic E-state index is -0.625. The van der Waals surface area contributed by atoms with E-state index in [4.69, 9.17) is 9.84 Å². The Hall–Kier alpha value is -3.65. The van der Waals surface area contributed by atoms with Gasteiger partial charge in [-0.1, -0.05) is 23.8 Å². The van der Waals surface area contributed by atoms with Gasteiger partial charge in [-0.15, -0.1) is 0 Å². The molecule has 156 valence electrons. The number of rotatable bonds is 7. The predicted octanol–water partition coefficient (Wildman–Crippen LogP) is 1.92. The summed E-state index contributed by atoms with van der Waals surface area (Å²) in [6.45, 7) is 1.89. The monoisotopic (exact) mass is 409 g/mol. The Kier molecular flexibility index (Phi) is 6.48. The van der Waals surface area contributed by atoms with Crippen molar-refractivity contribution in [1.29, 1.82) is 0 Å². The molecule has 8 nitrogen and oxygen atoms in total. The molecular weight excluding hydrogens is 386 g/mol. The number of nitrogens with zero attached hydrogens (tertiary/aromatic N) is 1. The molecule has 8 heteroatoms. The van der Waals surface area contributed by atoms with Gasteiger partial charge in [-0.25, -0.2) is 4.79 Å². The third-order valence-electron chi connectivity index (χ3n) is 4.66. The van der Waals surface area contributed by atoms with Crippen molar-refractivity contribution >= 4 is 29.2 Å². The molecule has 0 radical (unpaired) electrons. The van der Waals surface area contributed by atoms with Gasteiger partial charge in [-0.3, -0.25) is 9.59 Å². The van der Waals surface area contributed by atoms with Gasteiger partial charge < -0.3 is 25.4 Å². The topological polar surface area (TPSA) is 108 Å². The standard InChI is InChI=1S/C22H23N3O5/c1-14-6-8-16(9-7-14)24-20(27)15-4-3-5-17(12-15)23-19-18(22(29)30-2)13-25(10-11-26)21(19)28/h3-9,12,23,26H,10-11,13H2,1-2H3,(H,24,27). The van der Waals surface area contributed by atoms with E-state index in [1.54, 1.807) is 24.3 Å². The van der Waals surface area contributed by atoms with E-state index in [-0.39, 0.29) is 36.9 Å². The molecule has 0 bridgehead atoms. The van der Waals surface area contributed by atoms with Crippen LogP contribution < -0.4 is 10.6 Å². The molecule has 0 spiro atoms. The molecule has 2 aromatic carbocycles. The van der Waals surface area contributed by atoms with Gasteiger partial charge in [0.05, 0.1) is 25.8 Å². The SMILES string of the molecule is COC(=O)C1=C(Nc2cccc(C(=O)Nc3ccc(C)cc3)c2)C(=O)N(CCO)C1. The molecule has 30 heavy (non-hydrogen) atoms. The first-order valence-corrected chi connectivity index (χ1v) is 9.39. The lowest BCUT2D eigenvalue weighted by molar-refractivity contribution is -0.136. The molecule has 0 atom stereocenters. The number of aryl methyl sites for hydroxylation is 1. The van der Waals surface area contributed by atoms with Crippen molar-refractivity contribution in [3.63, 3.8) is 0 Å². The fourth-order valence-corrected chi connectivity index (χ4v) is 3.07. The summed E-state index contributed by atoms with van der Waals surface area (Å²) in [6, 6.07) is 14.0. The predicted molar refractivity (Wildman–Crippen MR) is 112 cm³/mol. The first-order chi connectivity index (χ1) is 14.4. The van der Waals surface area contributed by atoms with E-state index in [0.717, 1.165) is 5.56 Å². The average Bonchev–Trinajstić information content (AvgIpc) is 3.05. The highest BCUT2D eigenvalue weighted by Gasteiger charge is 2.34. The lowest BCUT2D eigenvalue weighted by Crippen LogP contribution is -2.31. The molecule has 2 aromatic rings. The van der Waals surface area contributed by atoms with E-state index in [1.807, 2.05) is 31.2 Å². The average molecular weight is 409 g/mol. The molecule has 1 aliphatic heterocycles. The van der Waals surface area contributed by atoms with Crippen LogP contribution in [0.4, 0.5) is 11.4 Å². The highest BCUT2D eigenvalue weighted by atomic mass is 16.5. The van der Waals surface area contributed by atoms with Gasteiger partial charge in [0.2, 0.25) is 0 Å². The molecule has 0 unspecified atom stereocenters.